The fourth-order valence-electron chi connectivity index (χ4n) is 2.91. The zero-order chi connectivity index (χ0) is 17.9. The van der Waals surface area contributed by atoms with Gasteiger partial charge in [-0.2, -0.15) is 0 Å². The molecule has 0 spiro atoms. The molecule has 0 radical (unpaired) electrons. The van der Waals surface area contributed by atoms with Crippen LogP contribution in [0, 0.1) is 0 Å². The number of benzene rings is 3. The van der Waals surface area contributed by atoms with Crippen molar-refractivity contribution in [2.24, 2.45) is 0 Å². The van der Waals surface area contributed by atoms with Crippen LogP contribution in [-0.4, -0.2) is 16.9 Å². The highest BCUT2D eigenvalue weighted by molar-refractivity contribution is 6.09. The van der Waals surface area contributed by atoms with Gasteiger partial charge in [-0.3, -0.25) is 9.59 Å². The first-order valence-corrected chi connectivity index (χ1v) is 8.02. The van der Waals surface area contributed by atoms with Gasteiger partial charge in [0.1, 0.15) is 5.41 Å². The number of aliphatic carboxylic acids is 1. The van der Waals surface area contributed by atoms with Gasteiger partial charge < -0.3 is 5.11 Å². The lowest BCUT2D eigenvalue weighted by molar-refractivity contribution is -0.141. The van der Waals surface area contributed by atoms with Gasteiger partial charge in [0.25, 0.3) is 0 Å². The maximum absolute atomic E-state index is 12.7. The number of hydrogen-bond donors (Lipinski definition) is 1. The van der Waals surface area contributed by atoms with Gasteiger partial charge in [0, 0.05) is 11.1 Å². The standard InChI is InChI=1S/C22H18O3/c1-22(21(24)25,18-12-6-3-7-13-18)19-14-8-11-17(15-19)20(23)16-9-4-2-5-10-16/h2-15H,1H3,(H,24,25). The molecule has 1 unspecified atom stereocenters. The Morgan fingerprint density at radius 3 is 1.84 bits per heavy atom. The molecule has 3 rings (SSSR count). The minimum absolute atomic E-state index is 0.122. The summed E-state index contributed by atoms with van der Waals surface area (Å²) >= 11 is 0. The summed E-state index contributed by atoms with van der Waals surface area (Å²) in [6, 6.07) is 24.9. The molecule has 0 bridgehead atoms. The van der Waals surface area contributed by atoms with E-state index in [4.69, 9.17) is 0 Å². The second-order valence-corrected chi connectivity index (χ2v) is 6.07. The predicted molar refractivity (Wildman–Crippen MR) is 96.8 cm³/mol. The highest BCUT2D eigenvalue weighted by Gasteiger charge is 2.37. The lowest BCUT2D eigenvalue weighted by atomic mass is 9.75. The molecule has 1 N–H and O–H groups in total. The molecule has 0 saturated carbocycles. The van der Waals surface area contributed by atoms with E-state index in [9.17, 15) is 14.7 Å². The molecule has 124 valence electrons. The lowest BCUT2D eigenvalue weighted by Crippen LogP contribution is -2.33. The topological polar surface area (TPSA) is 54.4 Å². The van der Waals surface area contributed by atoms with Crippen molar-refractivity contribution in [2.75, 3.05) is 0 Å². The number of carbonyl (C=O) groups excluding carboxylic acids is 1. The minimum Gasteiger partial charge on any atom is -0.480 e. The van der Waals surface area contributed by atoms with E-state index in [2.05, 4.69) is 0 Å². The molecule has 0 saturated heterocycles. The summed E-state index contributed by atoms with van der Waals surface area (Å²) in [6.45, 7) is 1.66. The van der Waals surface area contributed by atoms with E-state index >= 15 is 0 Å². The first-order valence-electron chi connectivity index (χ1n) is 8.02. The van der Waals surface area contributed by atoms with Crippen molar-refractivity contribution in [3.8, 4) is 0 Å². The summed E-state index contributed by atoms with van der Waals surface area (Å²) in [7, 11) is 0. The van der Waals surface area contributed by atoms with Crippen LogP contribution in [0.5, 0.6) is 0 Å². The summed E-state index contributed by atoms with van der Waals surface area (Å²) < 4.78 is 0. The number of ketones is 1. The van der Waals surface area contributed by atoms with Gasteiger partial charge in [-0.25, -0.2) is 0 Å². The molecule has 3 nitrogen and oxygen atoms in total. The number of carboxylic acid groups (broad SMARTS) is 1. The molecule has 0 heterocycles. The van der Waals surface area contributed by atoms with E-state index in [0.29, 0.717) is 22.3 Å². The van der Waals surface area contributed by atoms with Gasteiger partial charge in [-0.15, -0.1) is 0 Å². The van der Waals surface area contributed by atoms with Gasteiger partial charge >= 0.3 is 5.97 Å². The highest BCUT2D eigenvalue weighted by Crippen LogP contribution is 2.33. The van der Waals surface area contributed by atoms with E-state index < -0.39 is 11.4 Å². The largest absolute Gasteiger partial charge is 0.480 e. The van der Waals surface area contributed by atoms with Crippen LogP contribution in [-0.2, 0) is 10.2 Å². The van der Waals surface area contributed by atoms with Crippen molar-refractivity contribution < 1.29 is 14.7 Å². The quantitative estimate of drug-likeness (QED) is 0.709. The Kier molecular flexibility index (Phi) is 4.48. The van der Waals surface area contributed by atoms with Crippen molar-refractivity contribution in [3.63, 3.8) is 0 Å². The SMILES string of the molecule is CC(C(=O)O)(c1ccccc1)c1cccc(C(=O)c2ccccc2)c1. The molecule has 0 fully saturated rings. The third-order valence-corrected chi connectivity index (χ3v) is 4.52. The molecule has 0 aromatic heterocycles. The molecule has 0 aliphatic heterocycles. The normalized spacial score (nSPS) is 13.0. The number of hydrogen-bond acceptors (Lipinski definition) is 2. The van der Waals surface area contributed by atoms with Crippen LogP contribution in [0.15, 0.2) is 84.9 Å². The van der Waals surface area contributed by atoms with Gasteiger partial charge in [0.15, 0.2) is 5.78 Å². The van der Waals surface area contributed by atoms with Crippen molar-refractivity contribution >= 4 is 11.8 Å². The molecule has 3 aromatic carbocycles. The van der Waals surface area contributed by atoms with Crippen molar-refractivity contribution in [3.05, 3.63) is 107 Å². The average Bonchev–Trinajstić information content (AvgIpc) is 2.68. The Morgan fingerprint density at radius 2 is 1.24 bits per heavy atom. The second-order valence-electron chi connectivity index (χ2n) is 6.07. The van der Waals surface area contributed by atoms with E-state index in [1.165, 1.54) is 0 Å². The molecule has 3 aromatic rings. The zero-order valence-corrected chi connectivity index (χ0v) is 13.8. The maximum atomic E-state index is 12.7. The van der Waals surface area contributed by atoms with E-state index in [0.717, 1.165) is 0 Å². The molecule has 25 heavy (non-hydrogen) atoms. The Labute approximate surface area is 146 Å². The van der Waals surface area contributed by atoms with Crippen molar-refractivity contribution in [1.82, 2.24) is 0 Å². The fraction of sp³-hybridized carbons (Fsp3) is 0.0909. The molecular weight excluding hydrogens is 312 g/mol. The summed E-state index contributed by atoms with van der Waals surface area (Å²) in [5, 5.41) is 9.90. The molecule has 3 heteroatoms. The number of rotatable bonds is 5. The molecule has 0 amide bonds. The van der Waals surface area contributed by atoms with Gasteiger partial charge in [0.2, 0.25) is 0 Å². The van der Waals surface area contributed by atoms with Crippen LogP contribution >= 0.6 is 0 Å². The number of carboxylic acids is 1. The van der Waals surface area contributed by atoms with E-state index in [1.54, 1.807) is 55.5 Å². The molecule has 0 aliphatic rings. The molecular formula is C22H18O3. The predicted octanol–water partition coefficient (Wildman–Crippen LogP) is 4.31. The van der Waals surface area contributed by atoms with E-state index in [-0.39, 0.29) is 5.78 Å². The summed E-state index contributed by atoms with van der Waals surface area (Å²) in [5.41, 5.74) is 1.08. The average molecular weight is 330 g/mol. The van der Waals surface area contributed by atoms with Crippen molar-refractivity contribution in [1.29, 1.82) is 0 Å². The summed E-state index contributed by atoms with van der Waals surface area (Å²) in [4.78, 5) is 24.8. The second kappa shape index (κ2) is 6.73. The first-order chi connectivity index (χ1) is 12.0. The van der Waals surface area contributed by atoms with Gasteiger partial charge in [-0.05, 0) is 24.1 Å². The van der Waals surface area contributed by atoms with Gasteiger partial charge in [0.05, 0.1) is 0 Å². The Morgan fingerprint density at radius 1 is 0.720 bits per heavy atom. The van der Waals surface area contributed by atoms with Crippen molar-refractivity contribution in [2.45, 2.75) is 12.3 Å². The Bertz CT molecular complexity index is 901. The smallest absolute Gasteiger partial charge is 0.318 e. The third kappa shape index (κ3) is 3.09. The third-order valence-electron chi connectivity index (χ3n) is 4.52. The monoisotopic (exact) mass is 330 g/mol. The number of carbonyl (C=O) groups is 2. The van der Waals surface area contributed by atoms with Crippen LogP contribution in [0.2, 0.25) is 0 Å². The van der Waals surface area contributed by atoms with Crippen LogP contribution in [0.3, 0.4) is 0 Å². The zero-order valence-electron chi connectivity index (χ0n) is 13.8. The van der Waals surface area contributed by atoms with E-state index in [1.807, 2.05) is 36.4 Å². The fourth-order valence-corrected chi connectivity index (χ4v) is 2.91. The molecule has 1 atom stereocenters. The van der Waals surface area contributed by atoms with Crippen LogP contribution in [0.1, 0.15) is 34.0 Å². The lowest BCUT2D eigenvalue weighted by Gasteiger charge is -2.26. The van der Waals surface area contributed by atoms with Crippen LogP contribution in [0.25, 0.3) is 0 Å². The van der Waals surface area contributed by atoms with Crippen LogP contribution in [0.4, 0.5) is 0 Å². The highest BCUT2D eigenvalue weighted by atomic mass is 16.4. The maximum Gasteiger partial charge on any atom is 0.318 e. The van der Waals surface area contributed by atoms with Gasteiger partial charge in [-0.1, -0.05) is 78.9 Å². The summed E-state index contributed by atoms with van der Waals surface area (Å²) in [6.07, 6.45) is 0. The Balaban J connectivity index is 2.08. The Hall–Kier alpha value is -3.20. The first kappa shape index (κ1) is 16.7. The summed E-state index contributed by atoms with van der Waals surface area (Å²) in [5.74, 6) is -1.08. The molecule has 0 aliphatic carbocycles. The minimum atomic E-state index is -1.23. The van der Waals surface area contributed by atoms with Crippen LogP contribution < -0.4 is 0 Å².